The standard InChI is InChI=1S/C6H11ClN4/c1-4-11-6(10(2)3)8-5(7)9-11/h4H2,1-3H3. The number of aromatic nitrogens is 3. The molecule has 0 amide bonds. The van der Waals surface area contributed by atoms with Crippen molar-refractivity contribution in [2.45, 2.75) is 13.5 Å². The Kier molecular flexibility index (Phi) is 2.34. The monoisotopic (exact) mass is 174 g/mol. The van der Waals surface area contributed by atoms with Crippen LogP contribution in [0, 0.1) is 0 Å². The Bertz CT molecular complexity index is 243. The average Bonchev–Trinajstić information content (AvgIpc) is 2.30. The molecular weight excluding hydrogens is 164 g/mol. The SMILES string of the molecule is CCn1nc(Cl)nc1N(C)C. The minimum Gasteiger partial charge on any atom is -0.347 e. The second-order valence-electron chi connectivity index (χ2n) is 2.39. The molecule has 0 aliphatic heterocycles. The van der Waals surface area contributed by atoms with Gasteiger partial charge in [0.05, 0.1) is 0 Å². The van der Waals surface area contributed by atoms with Crippen LogP contribution in [0.5, 0.6) is 0 Å². The Morgan fingerprint density at radius 1 is 1.55 bits per heavy atom. The van der Waals surface area contributed by atoms with Crippen LogP contribution in [0.15, 0.2) is 0 Å². The molecule has 0 aliphatic carbocycles. The van der Waals surface area contributed by atoms with Crippen LogP contribution < -0.4 is 4.90 Å². The van der Waals surface area contributed by atoms with Crippen LogP contribution in [0.2, 0.25) is 5.28 Å². The van der Waals surface area contributed by atoms with E-state index >= 15 is 0 Å². The first-order valence-electron chi connectivity index (χ1n) is 3.42. The number of hydrogen-bond donors (Lipinski definition) is 0. The van der Waals surface area contributed by atoms with Crippen LogP contribution in [0.3, 0.4) is 0 Å². The smallest absolute Gasteiger partial charge is 0.244 e. The van der Waals surface area contributed by atoms with Crippen LogP contribution in [0.1, 0.15) is 6.92 Å². The Hall–Kier alpha value is -0.770. The van der Waals surface area contributed by atoms with Crippen molar-refractivity contribution in [2.75, 3.05) is 19.0 Å². The summed E-state index contributed by atoms with van der Waals surface area (Å²) in [6.45, 7) is 2.78. The quantitative estimate of drug-likeness (QED) is 0.672. The maximum atomic E-state index is 5.62. The maximum Gasteiger partial charge on any atom is 0.244 e. The van der Waals surface area contributed by atoms with E-state index in [0.29, 0.717) is 5.28 Å². The summed E-state index contributed by atoms with van der Waals surface area (Å²) in [4.78, 5) is 5.90. The fourth-order valence-corrected chi connectivity index (χ4v) is 1.02. The lowest BCUT2D eigenvalue weighted by Gasteiger charge is -2.10. The minimum atomic E-state index is 0.301. The first-order valence-corrected chi connectivity index (χ1v) is 3.80. The third kappa shape index (κ3) is 1.63. The van der Waals surface area contributed by atoms with Gasteiger partial charge >= 0.3 is 0 Å². The second kappa shape index (κ2) is 3.09. The van der Waals surface area contributed by atoms with E-state index in [1.807, 2.05) is 25.9 Å². The molecule has 0 aromatic carbocycles. The highest BCUT2D eigenvalue weighted by Crippen LogP contribution is 2.10. The number of hydrogen-bond acceptors (Lipinski definition) is 3. The topological polar surface area (TPSA) is 34.0 Å². The van der Waals surface area contributed by atoms with Crippen molar-refractivity contribution in [3.8, 4) is 0 Å². The number of anilines is 1. The molecule has 0 saturated carbocycles. The lowest BCUT2D eigenvalue weighted by Crippen LogP contribution is -2.15. The van der Waals surface area contributed by atoms with Crippen molar-refractivity contribution < 1.29 is 0 Å². The molecule has 0 bridgehead atoms. The molecule has 0 aliphatic rings. The van der Waals surface area contributed by atoms with Gasteiger partial charge in [-0.15, -0.1) is 5.10 Å². The molecule has 0 N–H and O–H groups in total. The molecule has 62 valence electrons. The van der Waals surface area contributed by atoms with Gasteiger partial charge in [-0.2, -0.15) is 4.98 Å². The van der Waals surface area contributed by atoms with Gasteiger partial charge in [0, 0.05) is 20.6 Å². The van der Waals surface area contributed by atoms with E-state index < -0.39 is 0 Å². The number of halogens is 1. The summed E-state index contributed by atoms with van der Waals surface area (Å²) in [6.07, 6.45) is 0. The molecule has 1 aromatic rings. The molecule has 0 radical (unpaired) electrons. The summed E-state index contributed by atoms with van der Waals surface area (Å²) in [5.74, 6) is 0.789. The van der Waals surface area contributed by atoms with Crippen molar-refractivity contribution >= 4 is 17.5 Å². The summed E-state index contributed by atoms with van der Waals surface area (Å²) >= 11 is 5.62. The van der Waals surface area contributed by atoms with E-state index in [0.717, 1.165) is 12.5 Å². The molecule has 0 unspecified atom stereocenters. The molecule has 5 heteroatoms. The maximum absolute atomic E-state index is 5.62. The van der Waals surface area contributed by atoms with Crippen molar-refractivity contribution in [1.29, 1.82) is 0 Å². The van der Waals surface area contributed by atoms with Crippen molar-refractivity contribution in [3.63, 3.8) is 0 Å². The average molecular weight is 175 g/mol. The van der Waals surface area contributed by atoms with E-state index in [-0.39, 0.29) is 0 Å². The fraction of sp³-hybridized carbons (Fsp3) is 0.667. The number of rotatable bonds is 2. The third-order valence-corrected chi connectivity index (χ3v) is 1.49. The molecular formula is C6H11ClN4. The molecule has 4 nitrogen and oxygen atoms in total. The van der Waals surface area contributed by atoms with Gasteiger partial charge in [0.25, 0.3) is 0 Å². The molecule has 0 fully saturated rings. The van der Waals surface area contributed by atoms with Gasteiger partial charge in [0.15, 0.2) is 0 Å². The van der Waals surface area contributed by atoms with Gasteiger partial charge in [0.1, 0.15) is 0 Å². The predicted octanol–water partition coefficient (Wildman–Crippen LogP) is 1.02. The molecule has 1 rings (SSSR count). The summed E-state index contributed by atoms with van der Waals surface area (Å²) < 4.78 is 1.75. The first kappa shape index (κ1) is 8.33. The van der Waals surface area contributed by atoms with Gasteiger partial charge < -0.3 is 4.90 Å². The van der Waals surface area contributed by atoms with Crippen molar-refractivity contribution in [2.24, 2.45) is 0 Å². The van der Waals surface area contributed by atoms with E-state index in [4.69, 9.17) is 11.6 Å². The number of nitrogens with zero attached hydrogens (tertiary/aromatic N) is 4. The number of aryl methyl sites for hydroxylation is 1. The minimum absolute atomic E-state index is 0.301. The predicted molar refractivity (Wildman–Crippen MR) is 45.0 cm³/mol. The van der Waals surface area contributed by atoms with E-state index in [9.17, 15) is 0 Å². The Balaban J connectivity index is 3.02. The Morgan fingerprint density at radius 3 is 2.55 bits per heavy atom. The van der Waals surface area contributed by atoms with Gasteiger partial charge in [-0.25, -0.2) is 4.68 Å². The summed E-state index contributed by atoms with van der Waals surface area (Å²) in [6, 6.07) is 0. The third-order valence-electron chi connectivity index (χ3n) is 1.33. The highest BCUT2D eigenvalue weighted by molar-refractivity contribution is 6.28. The first-order chi connectivity index (χ1) is 5.15. The largest absolute Gasteiger partial charge is 0.347 e. The summed E-state index contributed by atoms with van der Waals surface area (Å²) in [5, 5.41) is 4.28. The van der Waals surface area contributed by atoms with Gasteiger partial charge in [-0.05, 0) is 18.5 Å². The van der Waals surface area contributed by atoms with Crippen LogP contribution in [0.25, 0.3) is 0 Å². The van der Waals surface area contributed by atoms with Crippen molar-refractivity contribution in [1.82, 2.24) is 14.8 Å². The van der Waals surface area contributed by atoms with E-state index in [2.05, 4.69) is 10.1 Å². The highest BCUT2D eigenvalue weighted by atomic mass is 35.5. The summed E-state index contributed by atoms with van der Waals surface area (Å²) in [5.41, 5.74) is 0. The normalized spacial score (nSPS) is 10.2. The zero-order valence-corrected chi connectivity index (χ0v) is 7.63. The Labute approximate surface area is 70.8 Å². The van der Waals surface area contributed by atoms with E-state index in [1.54, 1.807) is 4.68 Å². The van der Waals surface area contributed by atoms with Gasteiger partial charge in [-0.1, -0.05) is 0 Å². The fourth-order valence-electron chi connectivity index (χ4n) is 0.850. The van der Waals surface area contributed by atoms with Crippen LogP contribution in [-0.2, 0) is 6.54 Å². The van der Waals surface area contributed by atoms with Crippen LogP contribution in [0.4, 0.5) is 5.95 Å². The van der Waals surface area contributed by atoms with Crippen LogP contribution in [-0.4, -0.2) is 28.9 Å². The Morgan fingerprint density at radius 2 is 2.18 bits per heavy atom. The van der Waals surface area contributed by atoms with Gasteiger partial charge in [-0.3, -0.25) is 0 Å². The zero-order valence-electron chi connectivity index (χ0n) is 6.87. The van der Waals surface area contributed by atoms with Crippen LogP contribution >= 0.6 is 11.6 Å². The lowest BCUT2D eigenvalue weighted by atomic mass is 10.7. The second-order valence-corrected chi connectivity index (χ2v) is 2.73. The lowest BCUT2D eigenvalue weighted by molar-refractivity contribution is 0.653. The van der Waals surface area contributed by atoms with Crippen molar-refractivity contribution in [3.05, 3.63) is 5.28 Å². The summed E-state index contributed by atoms with van der Waals surface area (Å²) in [7, 11) is 3.82. The van der Waals surface area contributed by atoms with Gasteiger partial charge in [0.2, 0.25) is 11.2 Å². The molecule has 1 heterocycles. The zero-order chi connectivity index (χ0) is 8.43. The van der Waals surface area contributed by atoms with E-state index in [1.165, 1.54) is 0 Å². The molecule has 1 aromatic heterocycles. The molecule has 0 atom stereocenters. The molecule has 11 heavy (non-hydrogen) atoms. The highest BCUT2D eigenvalue weighted by Gasteiger charge is 2.07. The molecule has 0 spiro atoms. The molecule has 0 saturated heterocycles.